The Morgan fingerprint density at radius 2 is 2.15 bits per heavy atom. The first kappa shape index (κ1) is 22.4. The number of fused-ring (bicyclic) bond motifs is 1. The van der Waals surface area contributed by atoms with Gasteiger partial charge in [-0.3, -0.25) is 0 Å². The van der Waals surface area contributed by atoms with Gasteiger partial charge in [-0.2, -0.15) is 33.6 Å². The first-order valence-electron chi connectivity index (χ1n) is 10.9. The van der Waals surface area contributed by atoms with Crippen LogP contribution in [0.15, 0.2) is 18.3 Å². The first-order chi connectivity index (χ1) is 16.4. The van der Waals surface area contributed by atoms with E-state index in [1.165, 1.54) is 22.8 Å². The summed E-state index contributed by atoms with van der Waals surface area (Å²) in [5.41, 5.74) is 1.46. The molecule has 2 fully saturated rings. The topological polar surface area (TPSA) is 115 Å². The molecule has 0 spiro atoms. The fourth-order valence-corrected chi connectivity index (χ4v) is 4.15. The maximum atomic E-state index is 13.1. The molecule has 1 saturated heterocycles. The number of benzene rings is 1. The maximum absolute atomic E-state index is 13.1. The summed E-state index contributed by atoms with van der Waals surface area (Å²) in [6, 6.07) is 5.32. The van der Waals surface area contributed by atoms with Gasteiger partial charge in [-0.15, -0.1) is 0 Å². The van der Waals surface area contributed by atoms with E-state index in [-0.39, 0.29) is 29.3 Å². The molecule has 1 aliphatic heterocycles. The lowest BCUT2D eigenvalue weighted by Crippen LogP contribution is -2.50. The summed E-state index contributed by atoms with van der Waals surface area (Å²) >= 11 is 6.75. The zero-order valence-corrected chi connectivity index (χ0v) is 19.0. The van der Waals surface area contributed by atoms with E-state index >= 15 is 0 Å². The van der Waals surface area contributed by atoms with Crippen molar-refractivity contribution in [2.45, 2.75) is 38.5 Å². The summed E-state index contributed by atoms with van der Waals surface area (Å²) in [6.07, 6.45) is 3.43. The molecule has 3 heterocycles. The molecule has 1 saturated carbocycles. The van der Waals surface area contributed by atoms with Crippen LogP contribution >= 0.6 is 11.6 Å². The van der Waals surface area contributed by atoms with Crippen molar-refractivity contribution >= 4 is 40.5 Å². The molecule has 178 valence electrons. The van der Waals surface area contributed by atoms with Gasteiger partial charge in [0.15, 0.2) is 5.65 Å². The maximum Gasteiger partial charge on any atom is 0.387 e. The van der Waals surface area contributed by atoms with Gasteiger partial charge in [-0.1, -0.05) is 11.6 Å². The van der Waals surface area contributed by atoms with E-state index in [4.69, 9.17) is 16.3 Å². The Kier molecular flexibility index (Phi) is 5.97. The van der Waals surface area contributed by atoms with Crippen LogP contribution in [-0.4, -0.2) is 57.9 Å². The van der Waals surface area contributed by atoms with Crippen molar-refractivity contribution in [3.8, 4) is 11.8 Å². The Balaban J connectivity index is 1.56. The van der Waals surface area contributed by atoms with Gasteiger partial charge in [0.25, 0.3) is 0 Å². The van der Waals surface area contributed by atoms with E-state index in [9.17, 15) is 14.0 Å². The van der Waals surface area contributed by atoms with Crippen molar-refractivity contribution < 1.29 is 13.5 Å². The highest BCUT2D eigenvalue weighted by Crippen LogP contribution is 2.40. The molecular formula is C21H22ClF2N9O. The Morgan fingerprint density at radius 1 is 1.32 bits per heavy atom. The molecule has 1 atom stereocenters. The molecule has 2 aliphatic rings. The van der Waals surface area contributed by atoms with Gasteiger partial charge in [0.05, 0.1) is 22.6 Å². The number of halogens is 3. The second-order valence-corrected chi connectivity index (χ2v) is 8.63. The fraction of sp³-hybridized carbons (Fsp3) is 0.429. The lowest BCUT2D eigenvalue weighted by Gasteiger charge is -2.37. The molecule has 2 aromatic heterocycles. The minimum atomic E-state index is -2.99. The molecule has 3 N–H and O–H groups in total. The number of hydrogen-bond acceptors (Lipinski definition) is 9. The first-order valence-corrected chi connectivity index (χ1v) is 11.3. The SMILES string of the molecule is C[C@H]1CNCCN1c1cc(OC(F)F)cc(Nc2nc(NC3CC3)n3ncc(C#N)c3n2)c1Cl. The van der Waals surface area contributed by atoms with Crippen LogP contribution in [0, 0.1) is 11.3 Å². The molecule has 0 unspecified atom stereocenters. The Morgan fingerprint density at radius 3 is 2.85 bits per heavy atom. The summed E-state index contributed by atoms with van der Waals surface area (Å²) < 4.78 is 32.3. The number of nitriles is 1. The highest BCUT2D eigenvalue weighted by molar-refractivity contribution is 6.36. The second kappa shape index (κ2) is 9.08. The minimum absolute atomic E-state index is 0.0397. The van der Waals surface area contributed by atoms with Crippen molar-refractivity contribution in [1.82, 2.24) is 24.9 Å². The predicted octanol–water partition coefficient (Wildman–Crippen LogP) is 3.37. The van der Waals surface area contributed by atoms with Crippen LogP contribution in [0.3, 0.4) is 0 Å². The van der Waals surface area contributed by atoms with E-state index in [1.807, 2.05) is 11.8 Å². The molecule has 5 rings (SSSR count). The van der Waals surface area contributed by atoms with Crippen LogP contribution in [-0.2, 0) is 0 Å². The zero-order valence-electron chi connectivity index (χ0n) is 18.2. The van der Waals surface area contributed by atoms with Crippen molar-refractivity contribution in [1.29, 1.82) is 5.26 Å². The summed E-state index contributed by atoms with van der Waals surface area (Å²) in [4.78, 5) is 11.0. The molecule has 13 heteroatoms. The largest absolute Gasteiger partial charge is 0.435 e. The number of nitrogens with one attached hydrogen (secondary N) is 3. The van der Waals surface area contributed by atoms with Crippen molar-refractivity contribution in [2.75, 3.05) is 35.2 Å². The Labute approximate surface area is 198 Å². The Hall–Kier alpha value is -3.43. The van der Waals surface area contributed by atoms with Gasteiger partial charge < -0.3 is 25.6 Å². The average molecular weight is 490 g/mol. The third-order valence-corrected chi connectivity index (χ3v) is 6.11. The molecule has 0 amide bonds. The van der Waals surface area contributed by atoms with Gasteiger partial charge >= 0.3 is 6.61 Å². The van der Waals surface area contributed by atoms with E-state index in [0.29, 0.717) is 34.5 Å². The second-order valence-electron chi connectivity index (χ2n) is 8.25. The number of aromatic nitrogens is 4. The number of alkyl halides is 2. The van der Waals surface area contributed by atoms with Crippen LogP contribution in [0.1, 0.15) is 25.3 Å². The number of piperazine rings is 1. The number of nitrogens with zero attached hydrogens (tertiary/aromatic N) is 6. The predicted molar refractivity (Wildman–Crippen MR) is 123 cm³/mol. The van der Waals surface area contributed by atoms with Gasteiger partial charge in [0.2, 0.25) is 11.9 Å². The van der Waals surface area contributed by atoms with Crippen LogP contribution in [0.2, 0.25) is 5.02 Å². The average Bonchev–Trinajstić information content (AvgIpc) is 3.52. The van der Waals surface area contributed by atoms with Gasteiger partial charge in [0.1, 0.15) is 17.4 Å². The summed E-state index contributed by atoms with van der Waals surface area (Å²) in [7, 11) is 0. The summed E-state index contributed by atoms with van der Waals surface area (Å²) in [6.45, 7) is 1.14. The van der Waals surface area contributed by atoms with Gasteiger partial charge in [-0.05, 0) is 19.8 Å². The molecule has 0 bridgehead atoms. The molecule has 1 aromatic carbocycles. The van der Waals surface area contributed by atoms with E-state index in [2.05, 4.69) is 37.1 Å². The lowest BCUT2D eigenvalue weighted by molar-refractivity contribution is -0.0497. The van der Waals surface area contributed by atoms with Crippen LogP contribution in [0.25, 0.3) is 5.65 Å². The summed E-state index contributed by atoms with van der Waals surface area (Å²) in [5, 5.41) is 23.6. The van der Waals surface area contributed by atoms with Crippen LogP contribution < -0.4 is 25.6 Å². The normalized spacial score (nSPS) is 18.2. The van der Waals surface area contributed by atoms with Gasteiger partial charge in [0, 0.05) is 43.9 Å². The van der Waals surface area contributed by atoms with Crippen molar-refractivity contribution in [3.63, 3.8) is 0 Å². The third-order valence-electron chi connectivity index (χ3n) is 5.71. The Bertz CT molecular complexity index is 1260. The smallest absolute Gasteiger partial charge is 0.387 e. The number of anilines is 4. The van der Waals surface area contributed by atoms with Crippen molar-refractivity contribution in [3.05, 3.63) is 28.9 Å². The number of hydrogen-bond donors (Lipinski definition) is 3. The number of ether oxygens (including phenoxy) is 1. The number of rotatable bonds is 7. The van der Waals surface area contributed by atoms with E-state index < -0.39 is 6.61 Å². The van der Waals surface area contributed by atoms with Crippen LogP contribution in [0.4, 0.5) is 32.1 Å². The third kappa shape index (κ3) is 4.49. The molecular weight excluding hydrogens is 468 g/mol. The van der Waals surface area contributed by atoms with Gasteiger partial charge in [-0.25, -0.2) is 0 Å². The summed E-state index contributed by atoms with van der Waals surface area (Å²) in [5.74, 6) is 0.522. The minimum Gasteiger partial charge on any atom is -0.435 e. The molecule has 10 nitrogen and oxygen atoms in total. The van der Waals surface area contributed by atoms with Crippen molar-refractivity contribution in [2.24, 2.45) is 0 Å². The standard InChI is InChI=1S/C21H22ClF2N9O/c1-11-9-26-4-5-32(11)16-7-14(34-19(23)24)6-15(17(16)22)29-20-30-18-12(8-25)10-27-33(18)21(31-20)28-13-2-3-13/h6-7,10-11,13,19,26H,2-5,9H2,1H3,(H2,28,29,30,31)/t11-/m0/s1. The lowest BCUT2D eigenvalue weighted by atomic mass is 10.1. The quantitative estimate of drug-likeness (QED) is 0.459. The monoisotopic (exact) mass is 489 g/mol. The van der Waals surface area contributed by atoms with E-state index in [1.54, 1.807) is 0 Å². The molecule has 0 radical (unpaired) electrons. The van der Waals surface area contributed by atoms with Crippen LogP contribution in [0.5, 0.6) is 5.75 Å². The zero-order chi connectivity index (χ0) is 23.8. The molecule has 34 heavy (non-hydrogen) atoms. The van der Waals surface area contributed by atoms with E-state index in [0.717, 1.165) is 25.9 Å². The molecule has 1 aliphatic carbocycles. The fourth-order valence-electron chi connectivity index (χ4n) is 3.89. The molecule has 3 aromatic rings. The highest BCUT2D eigenvalue weighted by atomic mass is 35.5. The highest BCUT2D eigenvalue weighted by Gasteiger charge is 2.26.